The summed E-state index contributed by atoms with van der Waals surface area (Å²) in [5, 5.41) is 23.7. The zero-order valence-corrected chi connectivity index (χ0v) is 23.2. The number of rotatable bonds is 8. The molecule has 0 spiro atoms. The van der Waals surface area contributed by atoms with Gasteiger partial charge in [0.15, 0.2) is 5.69 Å². The van der Waals surface area contributed by atoms with Crippen molar-refractivity contribution in [1.29, 1.82) is 0 Å². The van der Waals surface area contributed by atoms with Crippen LogP contribution in [-0.2, 0) is 9.53 Å². The first-order valence-electron chi connectivity index (χ1n) is 14.7. The zero-order chi connectivity index (χ0) is 28.2. The predicted molar refractivity (Wildman–Crippen MR) is 153 cm³/mol. The Morgan fingerprint density at radius 2 is 1.88 bits per heavy atom. The Bertz CT molecular complexity index is 1320. The van der Waals surface area contributed by atoms with E-state index in [-0.39, 0.29) is 43.5 Å². The first kappa shape index (κ1) is 28.4. The van der Waals surface area contributed by atoms with E-state index in [4.69, 9.17) is 10.5 Å². The van der Waals surface area contributed by atoms with Gasteiger partial charge >= 0.3 is 5.97 Å². The summed E-state index contributed by atoms with van der Waals surface area (Å²) in [4.78, 5) is 32.7. The quantitative estimate of drug-likeness (QED) is 0.196. The smallest absolute Gasteiger partial charge is 0.306 e. The number of hydrogen-bond acceptors (Lipinski definition) is 9. The molecular weight excluding hydrogens is 510 g/mol. The Morgan fingerprint density at radius 3 is 2.55 bits per heavy atom. The van der Waals surface area contributed by atoms with Gasteiger partial charge in [-0.3, -0.25) is 19.1 Å². The van der Waals surface area contributed by atoms with Crippen LogP contribution < -0.4 is 11.3 Å². The zero-order valence-electron chi connectivity index (χ0n) is 23.2. The number of benzene rings is 1. The van der Waals surface area contributed by atoms with Crippen molar-refractivity contribution in [2.24, 2.45) is 22.7 Å². The Balaban J connectivity index is 1.51. The number of aromatic nitrogens is 2. The standard InChI is InChI=1S/C30H41N5O5/c1-2-40-28(37)12-11-25(33-39)29-30(38)35(26-10-6-5-9-24(26)32-29)22-16-23(18-36)34(27(31)17-22)21-14-19-7-3-4-8-20(13-19)15-21/h5-6,9-10,17,19-21,23,27,36,39H,2-4,7-8,11-16,18,31H2,1H3/b33-25+/t19?,20?,21?,23-,27+/m1/s1. The number of hydrogen-bond donors (Lipinski definition) is 3. The first-order chi connectivity index (χ1) is 19.4. The third-order valence-corrected chi connectivity index (χ3v) is 8.87. The van der Waals surface area contributed by atoms with Crippen LogP contribution in [0.2, 0.25) is 0 Å². The maximum Gasteiger partial charge on any atom is 0.306 e. The molecule has 0 amide bonds. The van der Waals surface area contributed by atoms with Crippen LogP contribution in [0.4, 0.5) is 0 Å². The Morgan fingerprint density at radius 1 is 1.15 bits per heavy atom. The number of nitrogens with two attached hydrogens (primary N) is 1. The van der Waals surface area contributed by atoms with Crippen LogP contribution in [0.3, 0.4) is 0 Å². The van der Waals surface area contributed by atoms with E-state index in [1.54, 1.807) is 17.6 Å². The highest BCUT2D eigenvalue weighted by Gasteiger charge is 2.40. The van der Waals surface area contributed by atoms with Gasteiger partial charge in [-0.05, 0) is 56.2 Å². The van der Waals surface area contributed by atoms with E-state index in [0.29, 0.717) is 41.0 Å². The number of carbonyl (C=O) groups is 1. The summed E-state index contributed by atoms with van der Waals surface area (Å²) in [5.41, 5.74) is 8.18. The Labute approximate surface area is 234 Å². The van der Waals surface area contributed by atoms with Gasteiger partial charge in [0, 0.05) is 30.6 Å². The average Bonchev–Trinajstić information content (AvgIpc) is 3.12. The first-order valence-corrected chi connectivity index (χ1v) is 14.7. The molecule has 1 aromatic heterocycles. The molecule has 216 valence electrons. The van der Waals surface area contributed by atoms with Crippen LogP contribution >= 0.6 is 0 Å². The molecule has 2 unspecified atom stereocenters. The highest BCUT2D eigenvalue weighted by Crippen LogP contribution is 2.42. The lowest BCUT2D eigenvalue weighted by atomic mass is 9.76. The maximum absolute atomic E-state index is 13.9. The van der Waals surface area contributed by atoms with Crippen molar-refractivity contribution in [1.82, 2.24) is 14.5 Å². The minimum Gasteiger partial charge on any atom is -0.466 e. The van der Waals surface area contributed by atoms with E-state index in [1.807, 2.05) is 24.3 Å². The summed E-state index contributed by atoms with van der Waals surface area (Å²) in [6, 6.07) is 7.36. The SMILES string of the molecule is CCOC(=O)CC/C(=N\O)c1nc2ccccc2n(C2=C[C@@H](N)N(C3CC4CCCCC(C4)C3)[C@@H](CO)C2)c1=O. The summed E-state index contributed by atoms with van der Waals surface area (Å²) in [5.74, 6) is 0.978. The molecule has 2 bridgehead atoms. The van der Waals surface area contributed by atoms with E-state index in [1.165, 1.54) is 32.1 Å². The molecule has 4 atom stereocenters. The van der Waals surface area contributed by atoms with E-state index in [2.05, 4.69) is 15.0 Å². The normalized spacial score (nSPS) is 27.7. The largest absolute Gasteiger partial charge is 0.466 e. The molecular formula is C30H41N5O5. The van der Waals surface area contributed by atoms with Crippen LogP contribution in [0.25, 0.3) is 16.7 Å². The Hall–Kier alpha value is -3.08. The average molecular weight is 552 g/mol. The molecule has 1 aromatic carbocycles. The van der Waals surface area contributed by atoms with Crippen molar-refractivity contribution in [2.75, 3.05) is 13.2 Å². The molecule has 4 N–H and O–H groups in total. The fraction of sp³-hybridized carbons (Fsp3) is 0.600. The Kier molecular flexibility index (Phi) is 8.97. The lowest BCUT2D eigenvalue weighted by Gasteiger charge is -2.47. The summed E-state index contributed by atoms with van der Waals surface area (Å²) in [6.45, 7) is 1.89. The van der Waals surface area contributed by atoms with Crippen LogP contribution in [0.5, 0.6) is 0 Å². The second-order valence-corrected chi connectivity index (χ2v) is 11.5. The fourth-order valence-corrected chi connectivity index (χ4v) is 7.19. The van der Waals surface area contributed by atoms with Gasteiger partial charge in [-0.15, -0.1) is 0 Å². The predicted octanol–water partition coefficient (Wildman–Crippen LogP) is 3.47. The number of nitrogens with zero attached hydrogens (tertiary/aromatic N) is 4. The molecule has 40 heavy (non-hydrogen) atoms. The minimum atomic E-state index is -0.456. The van der Waals surface area contributed by atoms with Gasteiger partial charge in [-0.2, -0.15) is 0 Å². The summed E-state index contributed by atoms with van der Waals surface area (Å²) in [7, 11) is 0. The topological polar surface area (TPSA) is 143 Å². The third kappa shape index (κ3) is 5.84. The highest BCUT2D eigenvalue weighted by molar-refractivity contribution is 6.01. The van der Waals surface area contributed by atoms with Crippen LogP contribution in [-0.4, -0.2) is 67.9 Å². The van der Waals surface area contributed by atoms with Gasteiger partial charge < -0.3 is 20.8 Å². The molecule has 2 aromatic rings. The van der Waals surface area contributed by atoms with Crippen molar-refractivity contribution in [3.05, 3.63) is 46.4 Å². The monoisotopic (exact) mass is 551 g/mol. The molecule has 3 aliphatic rings. The van der Waals surface area contributed by atoms with Crippen LogP contribution in [0.1, 0.15) is 76.8 Å². The summed E-state index contributed by atoms with van der Waals surface area (Å²) in [6.07, 6.45) is 10.5. The fourth-order valence-electron chi connectivity index (χ4n) is 7.19. The number of fused-ring (bicyclic) bond motifs is 3. The summed E-state index contributed by atoms with van der Waals surface area (Å²) >= 11 is 0. The van der Waals surface area contributed by atoms with E-state index in [0.717, 1.165) is 12.8 Å². The molecule has 2 fully saturated rings. The minimum absolute atomic E-state index is 0.00549. The van der Waals surface area contributed by atoms with Gasteiger partial charge in [0.05, 0.1) is 36.8 Å². The van der Waals surface area contributed by atoms with Gasteiger partial charge in [-0.1, -0.05) is 43.0 Å². The van der Waals surface area contributed by atoms with Gasteiger partial charge in [0.2, 0.25) is 0 Å². The number of oxime groups is 1. The van der Waals surface area contributed by atoms with Crippen molar-refractivity contribution < 1.29 is 19.8 Å². The van der Waals surface area contributed by atoms with Crippen molar-refractivity contribution >= 4 is 28.4 Å². The molecule has 2 saturated carbocycles. The molecule has 0 radical (unpaired) electrons. The molecule has 2 heterocycles. The molecule has 10 nitrogen and oxygen atoms in total. The van der Waals surface area contributed by atoms with Crippen molar-refractivity contribution in [3.63, 3.8) is 0 Å². The van der Waals surface area contributed by atoms with Crippen molar-refractivity contribution in [2.45, 2.75) is 89.4 Å². The van der Waals surface area contributed by atoms with E-state index in [9.17, 15) is 19.9 Å². The maximum atomic E-state index is 13.9. The second-order valence-electron chi connectivity index (χ2n) is 11.5. The van der Waals surface area contributed by atoms with Gasteiger partial charge in [0.1, 0.15) is 5.71 Å². The van der Waals surface area contributed by atoms with Gasteiger partial charge in [-0.25, -0.2) is 4.98 Å². The third-order valence-electron chi connectivity index (χ3n) is 8.87. The second kappa shape index (κ2) is 12.6. The molecule has 0 saturated heterocycles. The van der Waals surface area contributed by atoms with E-state index >= 15 is 0 Å². The van der Waals surface area contributed by atoms with Crippen LogP contribution in [0.15, 0.2) is 40.3 Å². The molecule has 2 aliphatic carbocycles. The van der Waals surface area contributed by atoms with Crippen LogP contribution in [0, 0.1) is 11.8 Å². The van der Waals surface area contributed by atoms with Crippen molar-refractivity contribution in [3.8, 4) is 0 Å². The lowest BCUT2D eigenvalue weighted by molar-refractivity contribution is -0.142. The molecule has 1 aliphatic heterocycles. The van der Waals surface area contributed by atoms with Gasteiger partial charge in [0.25, 0.3) is 5.56 Å². The highest BCUT2D eigenvalue weighted by atomic mass is 16.5. The number of para-hydroxylation sites is 2. The summed E-state index contributed by atoms with van der Waals surface area (Å²) < 4.78 is 6.57. The molecule has 5 rings (SSSR count). The van der Waals surface area contributed by atoms with E-state index < -0.39 is 17.7 Å². The lowest BCUT2D eigenvalue weighted by Crippen LogP contribution is -2.58. The number of aliphatic hydroxyl groups excluding tert-OH is 1. The number of carbonyl (C=O) groups excluding carboxylic acids is 1. The number of aliphatic hydroxyl groups is 1. The number of esters is 1. The molecule has 10 heteroatoms. The number of ether oxygens (including phenoxy) is 1.